The number of rotatable bonds is 7. The summed E-state index contributed by atoms with van der Waals surface area (Å²) in [7, 11) is 0. The van der Waals surface area contributed by atoms with Gasteiger partial charge < -0.3 is 15.8 Å². The number of thiocarbonyl (C=S) groups is 1. The fourth-order valence-electron chi connectivity index (χ4n) is 1.39. The number of anilines is 1. The lowest BCUT2D eigenvalue weighted by Gasteiger charge is -2.10. The second-order valence-corrected chi connectivity index (χ2v) is 3.83. The smallest absolute Gasteiger partial charge is 0.106 e. The maximum atomic E-state index is 5.63. The highest BCUT2D eigenvalue weighted by Crippen LogP contribution is 2.14. The summed E-state index contributed by atoms with van der Waals surface area (Å²) in [5.74, 6) is 0. The minimum atomic E-state index is 0.424. The lowest BCUT2D eigenvalue weighted by Crippen LogP contribution is -2.14. The van der Waals surface area contributed by atoms with Crippen molar-refractivity contribution < 1.29 is 4.74 Å². The monoisotopic (exact) mass is 238 g/mol. The van der Waals surface area contributed by atoms with E-state index in [9.17, 15) is 0 Å². The van der Waals surface area contributed by atoms with Crippen molar-refractivity contribution in [2.75, 3.05) is 25.1 Å². The van der Waals surface area contributed by atoms with E-state index in [-0.39, 0.29) is 0 Å². The maximum Gasteiger partial charge on any atom is 0.106 e. The Labute approximate surface area is 102 Å². The average molecular weight is 238 g/mol. The molecule has 0 aliphatic carbocycles. The molecule has 0 unspecified atom stereocenters. The standard InChI is InChI=1S/C12H18N2OS/c1-2-15-9-5-8-14-11-7-4-3-6-10(11)12(13)16/h3-4,6-7,14H,2,5,8-9H2,1H3,(H2,13,16). The van der Waals surface area contributed by atoms with Crippen LogP contribution in [0.3, 0.4) is 0 Å². The molecule has 0 amide bonds. The Balaban J connectivity index is 2.44. The summed E-state index contributed by atoms with van der Waals surface area (Å²) in [6.07, 6.45) is 0.972. The van der Waals surface area contributed by atoms with E-state index in [4.69, 9.17) is 22.7 Å². The van der Waals surface area contributed by atoms with Gasteiger partial charge in [0.2, 0.25) is 0 Å². The zero-order chi connectivity index (χ0) is 11.8. The minimum absolute atomic E-state index is 0.424. The van der Waals surface area contributed by atoms with E-state index in [2.05, 4.69) is 5.32 Å². The Kier molecular flexibility index (Phi) is 5.82. The van der Waals surface area contributed by atoms with Crippen LogP contribution in [0, 0.1) is 0 Å². The molecule has 0 aromatic heterocycles. The lowest BCUT2D eigenvalue weighted by atomic mass is 10.2. The van der Waals surface area contributed by atoms with E-state index < -0.39 is 0 Å². The normalized spacial score (nSPS) is 10.1. The third-order valence-electron chi connectivity index (χ3n) is 2.18. The van der Waals surface area contributed by atoms with Crippen LogP contribution >= 0.6 is 12.2 Å². The van der Waals surface area contributed by atoms with E-state index in [1.807, 2.05) is 31.2 Å². The molecule has 1 aromatic carbocycles. The largest absolute Gasteiger partial charge is 0.389 e. The van der Waals surface area contributed by atoms with Gasteiger partial charge in [0.1, 0.15) is 4.99 Å². The van der Waals surface area contributed by atoms with Crippen LogP contribution in [0.4, 0.5) is 5.69 Å². The van der Waals surface area contributed by atoms with Gasteiger partial charge in [-0.15, -0.1) is 0 Å². The predicted molar refractivity (Wildman–Crippen MR) is 71.9 cm³/mol. The van der Waals surface area contributed by atoms with Crippen LogP contribution in [-0.2, 0) is 4.74 Å². The SMILES string of the molecule is CCOCCCNc1ccccc1C(N)=S. The molecule has 0 radical (unpaired) electrons. The van der Waals surface area contributed by atoms with Crippen molar-refractivity contribution in [1.29, 1.82) is 0 Å². The second kappa shape index (κ2) is 7.19. The molecule has 0 atom stereocenters. The van der Waals surface area contributed by atoms with Crippen LogP contribution in [0.25, 0.3) is 0 Å². The molecule has 3 N–H and O–H groups in total. The molecule has 0 aliphatic heterocycles. The molecular formula is C12H18N2OS. The van der Waals surface area contributed by atoms with E-state index in [0.29, 0.717) is 4.99 Å². The van der Waals surface area contributed by atoms with Gasteiger partial charge in [0.15, 0.2) is 0 Å². The number of benzene rings is 1. The van der Waals surface area contributed by atoms with Gasteiger partial charge in [-0.2, -0.15) is 0 Å². The Morgan fingerprint density at radius 1 is 1.44 bits per heavy atom. The highest BCUT2D eigenvalue weighted by atomic mass is 32.1. The highest BCUT2D eigenvalue weighted by Gasteiger charge is 2.02. The lowest BCUT2D eigenvalue weighted by molar-refractivity contribution is 0.147. The number of ether oxygens (including phenoxy) is 1. The number of hydrogen-bond acceptors (Lipinski definition) is 3. The second-order valence-electron chi connectivity index (χ2n) is 3.39. The van der Waals surface area contributed by atoms with Gasteiger partial charge >= 0.3 is 0 Å². The minimum Gasteiger partial charge on any atom is -0.389 e. The molecule has 0 saturated heterocycles. The topological polar surface area (TPSA) is 47.3 Å². The van der Waals surface area contributed by atoms with Crippen LogP contribution in [0.2, 0.25) is 0 Å². The summed E-state index contributed by atoms with van der Waals surface area (Å²) in [6.45, 7) is 4.40. The van der Waals surface area contributed by atoms with Crippen molar-refractivity contribution >= 4 is 22.9 Å². The number of nitrogens with two attached hydrogens (primary N) is 1. The predicted octanol–water partition coefficient (Wildman–Crippen LogP) is 2.16. The first kappa shape index (κ1) is 12.9. The van der Waals surface area contributed by atoms with E-state index in [0.717, 1.165) is 37.4 Å². The van der Waals surface area contributed by atoms with Gasteiger partial charge in [-0.3, -0.25) is 0 Å². The average Bonchev–Trinajstić information content (AvgIpc) is 2.29. The van der Waals surface area contributed by atoms with Crippen LogP contribution in [0.1, 0.15) is 18.9 Å². The van der Waals surface area contributed by atoms with Gasteiger partial charge in [0.25, 0.3) is 0 Å². The molecule has 16 heavy (non-hydrogen) atoms. The van der Waals surface area contributed by atoms with Crippen LogP contribution in [-0.4, -0.2) is 24.7 Å². The molecule has 0 spiro atoms. The van der Waals surface area contributed by atoms with Gasteiger partial charge in [-0.1, -0.05) is 24.4 Å². The fraction of sp³-hybridized carbons (Fsp3) is 0.417. The number of para-hydroxylation sites is 1. The van der Waals surface area contributed by atoms with Crippen molar-refractivity contribution in [3.05, 3.63) is 29.8 Å². The molecule has 4 heteroatoms. The quantitative estimate of drug-likeness (QED) is 0.564. The Bertz CT molecular complexity index is 342. The molecule has 3 nitrogen and oxygen atoms in total. The molecule has 0 saturated carbocycles. The zero-order valence-electron chi connectivity index (χ0n) is 9.53. The third-order valence-corrected chi connectivity index (χ3v) is 2.40. The van der Waals surface area contributed by atoms with Crippen molar-refractivity contribution in [3.8, 4) is 0 Å². The van der Waals surface area contributed by atoms with Crippen LogP contribution < -0.4 is 11.1 Å². The maximum absolute atomic E-state index is 5.63. The summed E-state index contributed by atoms with van der Waals surface area (Å²) in [6, 6.07) is 7.80. The molecule has 0 bridgehead atoms. The Morgan fingerprint density at radius 2 is 2.19 bits per heavy atom. The van der Waals surface area contributed by atoms with Crippen molar-refractivity contribution in [3.63, 3.8) is 0 Å². The summed E-state index contributed by atoms with van der Waals surface area (Å²) in [5, 5.41) is 3.31. The van der Waals surface area contributed by atoms with Crippen molar-refractivity contribution in [1.82, 2.24) is 0 Å². The first-order valence-corrected chi connectivity index (χ1v) is 5.87. The molecule has 0 heterocycles. The first-order valence-electron chi connectivity index (χ1n) is 5.46. The first-order chi connectivity index (χ1) is 7.75. The van der Waals surface area contributed by atoms with Gasteiger partial charge in [-0.25, -0.2) is 0 Å². The summed E-state index contributed by atoms with van der Waals surface area (Å²) in [4.78, 5) is 0.424. The molecule has 1 rings (SSSR count). The van der Waals surface area contributed by atoms with Gasteiger partial charge in [0.05, 0.1) is 0 Å². The third kappa shape index (κ3) is 4.16. The van der Waals surface area contributed by atoms with E-state index in [1.165, 1.54) is 0 Å². The van der Waals surface area contributed by atoms with Crippen molar-refractivity contribution in [2.24, 2.45) is 5.73 Å². The number of hydrogen-bond donors (Lipinski definition) is 2. The van der Waals surface area contributed by atoms with Crippen molar-refractivity contribution in [2.45, 2.75) is 13.3 Å². The van der Waals surface area contributed by atoms with E-state index >= 15 is 0 Å². The molecule has 0 fully saturated rings. The molecule has 1 aromatic rings. The zero-order valence-corrected chi connectivity index (χ0v) is 10.3. The summed E-state index contributed by atoms with van der Waals surface area (Å²) >= 11 is 4.98. The summed E-state index contributed by atoms with van der Waals surface area (Å²) < 4.78 is 5.26. The van der Waals surface area contributed by atoms with Gasteiger partial charge in [0, 0.05) is 31.0 Å². The highest BCUT2D eigenvalue weighted by molar-refractivity contribution is 7.80. The fourth-order valence-corrected chi connectivity index (χ4v) is 1.57. The molecule has 88 valence electrons. The van der Waals surface area contributed by atoms with E-state index in [1.54, 1.807) is 0 Å². The Morgan fingerprint density at radius 3 is 2.88 bits per heavy atom. The Hall–Kier alpha value is -1.13. The summed E-state index contributed by atoms with van der Waals surface area (Å²) in [5.41, 5.74) is 7.52. The molecular weight excluding hydrogens is 220 g/mol. The van der Waals surface area contributed by atoms with Crippen LogP contribution in [0.5, 0.6) is 0 Å². The van der Waals surface area contributed by atoms with Gasteiger partial charge in [-0.05, 0) is 25.5 Å². The molecule has 0 aliphatic rings. The van der Waals surface area contributed by atoms with Crippen LogP contribution in [0.15, 0.2) is 24.3 Å². The number of nitrogens with one attached hydrogen (secondary N) is 1.